The Morgan fingerprint density at radius 1 is 1.26 bits per heavy atom. The number of nitrogens with zero attached hydrogens (tertiary/aromatic N) is 2. The molecule has 0 amide bonds. The highest BCUT2D eigenvalue weighted by Gasteiger charge is 2.16. The van der Waals surface area contributed by atoms with E-state index in [-0.39, 0.29) is 6.10 Å². The predicted molar refractivity (Wildman–Crippen MR) is 112 cm³/mol. The Morgan fingerprint density at radius 3 is 2.70 bits per heavy atom. The fraction of sp³-hybridized carbons (Fsp3) is 0.667. The van der Waals surface area contributed by atoms with E-state index >= 15 is 0 Å². The third kappa shape index (κ3) is 8.08. The van der Waals surface area contributed by atoms with Gasteiger partial charge in [-0.3, -0.25) is 0 Å². The zero-order chi connectivity index (χ0) is 19.5. The summed E-state index contributed by atoms with van der Waals surface area (Å²) in [6.45, 7) is 8.97. The summed E-state index contributed by atoms with van der Waals surface area (Å²) in [6, 6.07) is 7.67. The number of guanidine groups is 1. The summed E-state index contributed by atoms with van der Waals surface area (Å²) in [5.41, 5.74) is 0. The molecule has 6 nitrogen and oxygen atoms in total. The molecule has 1 unspecified atom stereocenters. The summed E-state index contributed by atoms with van der Waals surface area (Å²) >= 11 is 0. The van der Waals surface area contributed by atoms with E-state index in [1.54, 1.807) is 7.11 Å². The number of nitrogens with one attached hydrogen (secondary N) is 2. The maximum Gasteiger partial charge on any atom is 0.191 e. The standard InChI is InChI=1S/C21H36N4O2/c1-5-22-21(23-12-9-18-10-13-25(3)14-11-18)24-16-17(2)27-20-8-6-7-19(15-20)26-4/h6-8,15,17-18H,5,9-14,16H2,1-4H3,(H2,22,23,24). The van der Waals surface area contributed by atoms with Gasteiger partial charge < -0.3 is 25.0 Å². The first kappa shape index (κ1) is 21.4. The first-order valence-corrected chi connectivity index (χ1v) is 10.1. The highest BCUT2D eigenvalue weighted by Crippen LogP contribution is 2.20. The summed E-state index contributed by atoms with van der Waals surface area (Å²) in [7, 11) is 3.87. The van der Waals surface area contributed by atoms with Crippen LogP contribution in [0.3, 0.4) is 0 Å². The zero-order valence-corrected chi connectivity index (χ0v) is 17.3. The van der Waals surface area contributed by atoms with Gasteiger partial charge in [-0.05, 0) is 71.3 Å². The van der Waals surface area contributed by atoms with Crippen LogP contribution in [0.2, 0.25) is 0 Å². The fourth-order valence-corrected chi connectivity index (χ4v) is 3.25. The Bertz CT molecular complexity index is 571. The van der Waals surface area contributed by atoms with Gasteiger partial charge in [0, 0.05) is 19.2 Å². The lowest BCUT2D eigenvalue weighted by molar-refractivity contribution is 0.213. The summed E-state index contributed by atoms with van der Waals surface area (Å²) < 4.78 is 11.2. The lowest BCUT2D eigenvalue weighted by Crippen LogP contribution is -2.39. The molecule has 1 fully saturated rings. The molecule has 152 valence electrons. The Labute approximate surface area is 164 Å². The van der Waals surface area contributed by atoms with Gasteiger partial charge in [-0.2, -0.15) is 0 Å². The molecule has 0 aliphatic carbocycles. The second-order valence-electron chi connectivity index (χ2n) is 7.29. The summed E-state index contributed by atoms with van der Waals surface area (Å²) in [5, 5.41) is 6.79. The van der Waals surface area contributed by atoms with E-state index in [0.717, 1.165) is 36.5 Å². The molecule has 27 heavy (non-hydrogen) atoms. The predicted octanol–water partition coefficient (Wildman–Crippen LogP) is 2.75. The minimum Gasteiger partial charge on any atom is -0.497 e. The van der Waals surface area contributed by atoms with Gasteiger partial charge in [0.15, 0.2) is 5.96 Å². The average molecular weight is 377 g/mol. The van der Waals surface area contributed by atoms with Crippen molar-refractivity contribution in [3.8, 4) is 11.5 Å². The molecule has 0 spiro atoms. The number of aliphatic imine (C=N–C) groups is 1. The molecule has 1 heterocycles. The highest BCUT2D eigenvalue weighted by atomic mass is 16.5. The van der Waals surface area contributed by atoms with Gasteiger partial charge >= 0.3 is 0 Å². The van der Waals surface area contributed by atoms with Gasteiger partial charge in [0.25, 0.3) is 0 Å². The van der Waals surface area contributed by atoms with E-state index in [9.17, 15) is 0 Å². The molecule has 6 heteroatoms. The minimum absolute atomic E-state index is 0.0126. The van der Waals surface area contributed by atoms with Crippen LogP contribution < -0.4 is 20.1 Å². The van der Waals surface area contributed by atoms with Gasteiger partial charge in [0.2, 0.25) is 0 Å². The van der Waals surface area contributed by atoms with E-state index in [4.69, 9.17) is 9.47 Å². The van der Waals surface area contributed by atoms with Crippen molar-refractivity contribution in [2.45, 2.75) is 39.2 Å². The first-order valence-electron chi connectivity index (χ1n) is 10.1. The van der Waals surface area contributed by atoms with Gasteiger partial charge in [-0.15, -0.1) is 0 Å². The first-order chi connectivity index (χ1) is 13.1. The van der Waals surface area contributed by atoms with Crippen LogP contribution in [-0.2, 0) is 0 Å². The number of hydrogen-bond acceptors (Lipinski definition) is 4. The van der Waals surface area contributed by atoms with Crippen LogP contribution >= 0.6 is 0 Å². The Hall–Kier alpha value is -1.95. The normalized spacial score (nSPS) is 17.4. The van der Waals surface area contributed by atoms with Crippen LogP contribution in [0.25, 0.3) is 0 Å². The Balaban J connectivity index is 1.75. The topological polar surface area (TPSA) is 58.1 Å². The molecule has 1 atom stereocenters. The van der Waals surface area contributed by atoms with Gasteiger partial charge in [-0.1, -0.05) is 6.07 Å². The van der Waals surface area contributed by atoms with Crippen LogP contribution in [0.15, 0.2) is 29.3 Å². The molecule has 0 saturated carbocycles. The summed E-state index contributed by atoms with van der Waals surface area (Å²) in [4.78, 5) is 7.09. The minimum atomic E-state index is -0.0126. The SMILES string of the molecule is CCNC(=NCC(C)Oc1cccc(OC)c1)NCCC1CCN(C)CC1. The van der Waals surface area contributed by atoms with E-state index < -0.39 is 0 Å². The molecular formula is C21H36N4O2. The zero-order valence-electron chi connectivity index (χ0n) is 17.3. The van der Waals surface area contributed by atoms with Crippen molar-refractivity contribution in [3.63, 3.8) is 0 Å². The molecule has 1 saturated heterocycles. The lowest BCUT2D eigenvalue weighted by atomic mass is 9.94. The molecule has 1 aromatic rings. The van der Waals surface area contributed by atoms with Crippen molar-refractivity contribution >= 4 is 5.96 Å². The van der Waals surface area contributed by atoms with Crippen molar-refractivity contribution in [3.05, 3.63) is 24.3 Å². The number of likely N-dealkylation sites (tertiary alicyclic amines) is 1. The monoisotopic (exact) mass is 376 g/mol. The molecule has 1 aromatic carbocycles. The second kappa shape index (κ2) is 11.7. The summed E-state index contributed by atoms with van der Waals surface area (Å²) in [6.07, 6.45) is 3.80. The largest absolute Gasteiger partial charge is 0.497 e. The van der Waals surface area contributed by atoms with Crippen LogP contribution in [0.4, 0.5) is 0 Å². The smallest absolute Gasteiger partial charge is 0.191 e. The molecular weight excluding hydrogens is 340 g/mol. The molecule has 2 rings (SSSR count). The number of benzene rings is 1. The highest BCUT2D eigenvalue weighted by molar-refractivity contribution is 5.79. The van der Waals surface area contributed by atoms with Crippen LogP contribution in [0.1, 0.15) is 33.1 Å². The molecule has 1 aliphatic rings. The van der Waals surface area contributed by atoms with Crippen LogP contribution in [-0.4, -0.2) is 63.8 Å². The van der Waals surface area contributed by atoms with Crippen molar-refractivity contribution in [1.82, 2.24) is 15.5 Å². The van der Waals surface area contributed by atoms with Gasteiger partial charge in [0.05, 0.1) is 13.7 Å². The quantitative estimate of drug-likeness (QED) is 0.513. The Kier molecular flexibility index (Phi) is 9.25. The van der Waals surface area contributed by atoms with Crippen molar-refractivity contribution < 1.29 is 9.47 Å². The summed E-state index contributed by atoms with van der Waals surface area (Å²) in [5.74, 6) is 3.29. The number of hydrogen-bond donors (Lipinski definition) is 2. The lowest BCUT2D eigenvalue weighted by Gasteiger charge is -2.29. The number of methoxy groups -OCH3 is 1. The maximum atomic E-state index is 5.95. The molecule has 2 N–H and O–H groups in total. The maximum absolute atomic E-state index is 5.95. The van der Waals surface area contributed by atoms with Crippen LogP contribution in [0, 0.1) is 5.92 Å². The van der Waals surface area contributed by atoms with E-state index in [0.29, 0.717) is 6.54 Å². The molecule has 0 aromatic heterocycles. The van der Waals surface area contributed by atoms with E-state index in [2.05, 4.69) is 34.5 Å². The molecule has 1 aliphatic heterocycles. The number of rotatable bonds is 9. The van der Waals surface area contributed by atoms with Gasteiger partial charge in [-0.25, -0.2) is 4.99 Å². The average Bonchev–Trinajstić information content (AvgIpc) is 2.68. The van der Waals surface area contributed by atoms with Crippen molar-refractivity contribution in [2.75, 3.05) is 46.9 Å². The number of piperidine rings is 1. The van der Waals surface area contributed by atoms with Gasteiger partial charge in [0.1, 0.15) is 17.6 Å². The third-order valence-corrected chi connectivity index (χ3v) is 4.91. The second-order valence-corrected chi connectivity index (χ2v) is 7.29. The van der Waals surface area contributed by atoms with E-state index in [1.165, 1.54) is 32.4 Å². The van der Waals surface area contributed by atoms with Crippen molar-refractivity contribution in [1.29, 1.82) is 0 Å². The third-order valence-electron chi connectivity index (χ3n) is 4.91. The van der Waals surface area contributed by atoms with Crippen LogP contribution in [0.5, 0.6) is 11.5 Å². The van der Waals surface area contributed by atoms with Crippen molar-refractivity contribution in [2.24, 2.45) is 10.9 Å². The van der Waals surface area contributed by atoms with E-state index in [1.807, 2.05) is 31.2 Å². The molecule has 0 bridgehead atoms. The Morgan fingerprint density at radius 2 is 2.00 bits per heavy atom. The number of ether oxygens (including phenoxy) is 2. The molecule has 0 radical (unpaired) electrons. The fourth-order valence-electron chi connectivity index (χ4n) is 3.25.